The van der Waals surface area contributed by atoms with Crippen LogP contribution in [0.5, 0.6) is 5.75 Å². The summed E-state index contributed by atoms with van der Waals surface area (Å²) in [5, 5.41) is 6.19. The first-order valence-corrected chi connectivity index (χ1v) is 8.77. The number of hydrogen-bond donors (Lipinski definition) is 2. The number of aryl methyl sites for hydroxylation is 2. The van der Waals surface area contributed by atoms with E-state index in [0.717, 1.165) is 11.3 Å². The molecule has 1 heterocycles. The van der Waals surface area contributed by atoms with Crippen molar-refractivity contribution in [1.29, 1.82) is 0 Å². The van der Waals surface area contributed by atoms with Crippen LogP contribution in [0.2, 0.25) is 0 Å². The van der Waals surface area contributed by atoms with Gasteiger partial charge in [0.1, 0.15) is 11.4 Å². The molecule has 0 aliphatic heterocycles. The van der Waals surface area contributed by atoms with E-state index in [2.05, 4.69) is 34.7 Å². The summed E-state index contributed by atoms with van der Waals surface area (Å²) in [6.45, 7) is 4.75. The SMILES string of the molecule is COc1ccc(C)cc1NC(=O)c1ccc(NCc2ccccc2C)cn1. The monoisotopic (exact) mass is 361 g/mol. The van der Waals surface area contributed by atoms with Gasteiger partial charge in [-0.3, -0.25) is 4.79 Å². The number of nitrogens with zero attached hydrogens (tertiary/aromatic N) is 1. The maximum atomic E-state index is 12.5. The molecule has 0 fully saturated rings. The van der Waals surface area contributed by atoms with Crippen molar-refractivity contribution in [3.8, 4) is 5.75 Å². The molecule has 2 aromatic carbocycles. The fraction of sp³-hybridized carbons (Fsp3) is 0.182. The van der Waals surface area contributed by atoms with Crippen molar-refractivity contribution >= 4 is 17.3 Å². The van der Waals surface area contributed by atoms with Gasteiger partial charge in [-0.2, -0.15) is 0 Å². The summed E-state index contributed by atoms with van der Waals surface area (Å²) in [5.74, 6) is 0.342. The molecule has 27 heavy (non-hydrogen) atoms. The van der Waals surface area contributed by atoms with Crippen LogP contribution >= 0.6 is 0 Å². The molecule has 0 spiro atoms. The van der Waals surface area contributed by atoms with Gasteiger partial charge in [-0.25, -0.2) is 4.98 Å². The van der Waals surface area contributed by atoms with Crippen molar-refractivity contribution in [2.75, 3.05) is 17.7 Å². The minimum Gasteiger partial charge on any atom is -0.495 e. The first-order valence-electron chi connectivity index (χ1n) is 8.77. The van der Waals surface area contributed by atoms with Crippen LogP contribution in [0, 0.1) is 13.8 Å². The smallest absolute Gasteiger partial charge is 0.274 e. The molecule has 0 aliphatic rings. The molecule has 2 N–H and O–H groups in total. The molecule has 0 atom stereocenters. The summed E-state index contributed by atoms with van der Waals surface area (Å²) in [6, 6.07) is 17.4. The molecule has 1 aromatic heterocycles. The Morgan fingerprint density at radius 2 is 1.89 bits per heavy atom. The van der Waals surface area contributed by atoms with E-state index >= 15 is 0 Å². The lowest BCUT2D eigenvalue weighted by molar-refractivity contribution is 0.102. The number of nitrogens with one attached hydrogen (secondary N) is 2. The lowest BCUT2D eigenvalue weighted by Gasteiger charge is -2.11. The van der Waals surface area contributed by atoms with Crippen molar-refractivity contribution in [3.05, 3.63) is 83.2 Å². The second kappa shape index (κ2) is 8.36. The Morgan fingerprint density at radius 3 is 2.59 bits per heavy atom. The van der Waals surface area contributed by atoms with Crippen LogP contribution in [0.3, 0.4) is 0 Å². The van der Waals surface area contributed by atoms with Crippen LogP contribution in [-0.2, 0) is 6.54 Å². The molecular weight excluding hydrogens is 338 g/mol. The Labute approximate surface area is 159 Å². The van der Waals surface area contributed by atoms with Crippen molar-refractivity contribution in [2.24, 2.45) is 0 Å². The van der Waals surface area contributed by atoms with Gasteiger partial charge in [0.25, 0.3) is 5.91 Å². The Balaban J connectivity index is 1.65. The maximum Gasteiger partial charge on any atom is 0.274 e. The van der Waals surface area contributed by atoms with Gasteiger partial charge in [-0.05, 0) is 54.8 Å². The first-order chi connectivity index (χ1) is 13.1. The van der Waals surface area contributed by atoms with Gasteiger partial charge in [0, 0.05) is 6.54 Å². The quantitative estimate of drug-likeness (QED) is 0.675. The summed E-state index contributed by atoms with van der Waals surface area (Å²) in [7, 11) is 1.58. The predicted molar refractivity (Wildman–Crippen MR) is 108 cm³/mol. The molecule has 0 bridgehead atoms. The standard InChI is InChI=1S/C22H23N3O2/c1-15-8-11-21(27-3)20(12-15)25-22(26)19-10-9-18(14-24-19)23-13-17-7-5-4-6-16(17)2/h4-12,14,23H,13H2,1-3H3,(H,25,26). The summed E-state index contributed by atoms with van der Waals surface area (Å²) in [5.41, 5.74) is 5.34. The largest absolute Gasteiger partial charge is 0.495 e. The average molecular weight is 361 g/mol. The number of anilines is 2. The second-order valence-corrected chi connectivity index (χ2v) is 6.37. The molecule has 0 saturated heterocycles. The molecule has 5 heteroatoms. The zero-order chi connectivity index (χ0) is 19.2. The van der Waals surface area contributed by atoms with E-state index in [1.165, 1.54) is 11.1 Å². The van der Waals surface area contributed by atoms with Gasteiger partial charge in [-0.1, -0.05) is 30.3 Å². The summed E-state index contributed by atoms with van der Waals surface area (Å²) < 4.78 is 5.29. The zero-order valence-electron chi connectivity index (χ0n) is 15.7. The fourth-order valence-corrected chi connectivity index (χ4v) is 2.74. The van der Waals surface area contributed by atoms with Gasteiger partial charge in [0.2, 0.25) is 0 Å². The summed E-state index contributed by atoms with van der Waals surface area (Å²) >= 11 is 0. The third-order valence-electron chi connectivity index (χ3n) is 4.34. The summed E-state index contributed by atoms with van der Waals surface area (Å²) in [6.07, 6.45) is 1.67. The second-order valence-electron chi connectivity index (χ2n) is 6.37. The van der Waals surface area contributed by atoms with Crippen molar-refractivity contribution in [2.45, 2.75) is 20.4 Å². The number of ether oxygens (including phenoxy) is 1. The predicted octanol–water partition coefficient (Wildman–Crippen LogP) is 4.57. The number of carbonyl (C=O) groups is 1. The number of carbonyl (C=O) groups excluding carboxylic acids is 1. The fourth-order valence-electron chi connectivity index (χ4n) is 2.74. The summed E-state index contributed by atoms with van der Waals surface area (Å²) in [4.78, 5) is 16.8. The number of aromatic nitrogens is 1. The Kier molecular flexibility index (Phi) is 5.71. The van der Waals surface area contributed by atoms with E-state index in [1.54, 1.807) is 19.4 Å². The third-order valence-corrected chi connectivity index (χ3v) is 4.34. The van der Waals surface area contributed by atoms with Crippen LogP contribution in [-0.4, -0.2) is 18.0 Å². The Bertz CT molecular complexity index is 937. The lowest BCUT2D eigenvalue weighted by Crippen LogP contribution is -2.14. The van der Waals surface area contributed by atoms with Gasteiger partial charge >= 0.3 is 0 Å². The van der Waals surface area contributed by atoms with Crippen LogP contribution in [0.25, 0.3) is 0 Å². The van der Waals surface area contributed by atoms with E-state index in [4.69, 9.17) is 4.74 Å². The number of amides is 1. The van der Waals surface area contributed by atoms with Gasteiger partial charge in [-0.15, -0.1) is 0 Å². The highest BCUT2D eigenvalue weighted by Crippen LogP contribution is 2.25. The van der Waals surface area contributed by atoms with Crippen LogP contribution in [0.15, 0.2) is 60.8 Å². The molecule has 1 amide bonds. The topological polar surface area (TPSA) is 63.2 Å². The molecular formula is C22H23N3O2. The normalized spacial score (nSPS) is 10.3. The van der Waals surface area contributed by atoms with Gasteiger partial charge < -0.3 is 15.4 Å². The highest BCUT2D eigenvalue weighted by Gasteiger charge is 2.11. The molecule has 0 radical (unpaired) electrons. The highest BCUT2D eigenvalue weighted by molar-refractivity contribution is 6.03. The highest BCUT2D eigenvalue weighted by atomic mass is 16.5. The molecule has 0 unspecified atom stereocenters. The van der Waals surface area contributed by atoms with Crippen molar-refractivity contribution < 1.29 is 9.53 Å². The molecule has 3 rings (SSSR count). The van der Waals surface area contributed by atoms with E-state index < -0.39 is 0 Å². The number of methoxy groups -OCH3 is 1. The number of pyridine rings is 1. The van der Waals surface area contributed by atoms with Crippen LogP contribution in [0.1, 0.15) is 27.2 Å². The third kappa shape index (κ3) is 4.64. The molecule has 3 aromatic rings. The number of hydrogen-bond acceptors (Lipinski definition) is 4. The molecule has 0 saturated carbocycles. The minimum absolute atomic E-state index is 0.274. The Hall–Kier alpha value is -3.34. The van der Waals surface area contributed by atoms with Gasteiger partial charge in [0.15, 0.2) is 0 Å². The number of benzene rings is 2. The van der Waals surface area contributed by atoms with Crippen LogP contribution < -0.4 is 15.4 Å². The molecule has 0 aliphatic carbocycles. The molecule has 5 nitrogen and oxygen atoms in total. The number of rotatable bonds is 6. The van der Waals surface area contributed by atoms with Crippen LogP contribution in [0.4, 0.5) is 11.4 Å². The van der Waals surface area contributed by atoms with Crippen molar-refractivity contribution in [3.63, 3.8) is 0 Å². The maximum absolute atomic E-state index is 12.5. The van der Waals surface area contributed by atoms with E-state index in [1.807, 2.05) is 43.3 Å². The van der Waals surface area contributed by atoms with Crippen molar-refractivity contribution in [1.82, 2.24) is 4.98 Å². The lowest BCUT2D eigenvalue weighted by atomic mass is 10.1. The van der Waals surface area contributed by atoms with E-state index in [-0.39, 0.29) is 5.91 Å². The first kappa shape index (κ1) is 18.5. The average Bonchev–Trinajstić information content (AvgIpc) is 2.68. The molecule has 138 valence electrons. The van der Waals surface area contributed by atoms with Gasteiger partial charge in [0.05, 0.1) is 24.7 Å². The minimum atomic E-state index is -0.274. The zero-order valence-corrected chi connectivity index (χ0v) is 15.7. The van der Waals surface area contributed by atoms with E-state index in [0.29, 0.717) is 23.7 Å². The Morgan fingerprint density at radius 1 is 1.07 bits per heavy atom. The van der Waals surface area contributed by atoms with E-state index in [9.17, 15) is 4.79 Å².